The van der Waals surface area contributed by atoms with Crippen LogP contribution in [0, 0.1) is 5.92 Å². The van der Waals surface area contributed by atoms with Gasteiger partial charge in [-0.05, 0) is 12.8 Å². The van der Waals surface area contributed by atoms with Crippen LogP contribution in [0.1, 0.15) is 37.2 Å². The Labute approximate surface area is 166 Å². The van der Waals surface area contributed by atoms with Gasteiger partial charge in [0.05, 0.1) is 17.4 Å². The van der Waals surface area contributed by atoms with E-state index >= 15 is 0 Å². The van der Waals surface area contributed by atoms with E-state index in [4.69, 9.17) is 4.42 Å². The second-order valence-corrected chi connectivity index (χ2v) is 8.18. The van der Waals surface area contributed by atoms with E-state index < -0.39 is 34.9 Å². The molecule has 2 aromatic rings. The molecular weight excluding hydrogens is 382 g/mol. The quantitative estimate of drug-likeness (QED) is 0.739. The first-order valence-electron chi connectivity index (χ1n) is 9.02. The molecule has 0 saturated carbocycles. The van der Waals surface area contributed by atoms with Crippen LogP contribution >= 0.6 is 11.8 Å². The van der Waals surface area contributed by atoms with Gasteiger partial charge in [-0.2, -0.15) is 0 Å². The van der Waals surface area contributed by atoms with Crippen LogP contribution in [0.25, 0.3) is 10.8 Å². The van der Waals surface area contributed by atoms with Crippen LogP contribution in [-0.4, -0.2) is 50.6 Å². The SMILES string of the molecule is CC(=O)SC(C(=O)c1occ2ccccc12)C(C)C(=O)N1CCC[C@H]1C(=O)O. The lowest BCUT2D eigenvalue weighted by molar-refractivity contribution is -0.149. The topological polar surface area (TPSA) is 105 Å². The first-order valence-corrected chi connectivity index (χ1v) is 9.90. The van der Waals surface area contributed by atoms with Gasteiger partial charge in [0.2, 0.25) is 11.7 Å². The Morgan fingerprint density at radius 2 is 1.96 bits per heavy atom. The number of likely N-dealkylation sites (tertiary alicyclic amines) is 1. The van der Waals surface area contributed by atoms with Gasteiger partial charge in [-0.15, -0.1) is 0 Å². The molecule has 1 saturated heterocycles. The fourth-order valence-electron chi connectivity index (χ4n) is 3.55. The molecule has 3 rings (SSSR count). The fourth-order valence-corrected chi connectivity index (χ4v) is 4.44. The molecule has 7 nitrogen and oxygen atoms in total. The van der Waals surface area contributed by atoms with Gasteiger partial charge in [0, 0.05) is 24.2 Å². The van der Waals surface area contributed by atoms with Crippen molar-refractivity contribution in [2.75, 3.05) is 6.54 Å². The number of benzene rings is 1. The number of hydrogen-bond donors (Lipinski definition) is 1. The van der Waals surface area contributed by atoms with Crippen LogP contribution in [0.5, 0.6) is 0 Å². The molecule has 1 N–H and O–H groups in total. The molecule has 1 aliphatic rings. The predicted octanol–water partition coefficient (Wildman–Crippen LogP) is 2.98. The Kier molecular flexibility index (Phi) is 5.88. The number of nitrogens with zero attached hydrogens (tertiary/aromatic N) is 1. The Hall–Kier alpha value is -2.61. The number of carbonyl (C=O) groups excluding carboxylic acids is 3. The summed E-state index contributed by atoms with van der Waals surface area (Å²) in [6, 6.07) is 6.25. The number of carboxylic acids is 1. The number of carboxylic acid groups (broad SMARTS) is 1. The summed E-state index contributed by atoms with van der Waals surface area (Å²) in [5.74, 6) is -2.71. The fraction of sp³-hybridized carbons (Fsp3) is 0.400. The van der Waals surface area contributed by atoms with Crippen molar-refractivity contribution in [3.05, 3.63) is 36.3 Å². The van der Waals surface area contributed by atoms with E-state index in [0.717, 1.165) is 17.1 Å². The summed E-state index contributed by atoms with van der Waals surface area (Å²) >= 11 is 0.776. The lowest BCUT2D eigenvalue weighted by atomic mass is 9.99. The maximum absolute atomic E-state index is 13.2. The summed E-state index contributed by atoms with van der Waals surface area (Å²) in [4.78, 5) is 50.6. The largest absolute Gasteiger partial charge is 0.480 e. The first-order chi connectivity index (χ1) is 13.3. The van der Waals surface area contributed by atoms with Crippen molar-refractivity contribution in [1.82, 2.24) is 4.90 Å². The summed E-state index contributed by atoms with van der Waals surface area (Å²) in [7, 11) is 0. The molecule has 0 aliphatic carbocycles. The highest BCUT2D eigenvalue weighted by atomic mass is 32.2. The highest BCUT2D eigenvalue weighted by molar-refractivity contribution is 8.14. The molecule has 0 bridgehead atoms. The monoisotopic (exact) mass is 403 g/mol. The van der Waals surface area contributed by atoms with Crippen molar-refractivity contribution in [1.29, 1.82) is 0 Å². The van der Waals surface area contributed by atoms with Crippen molar-refractivity contribution in [3.63, 3.8) is 0 Å². The standard InChI is InChI=1S/C20H21NO6S/c1-11(19(24)21-9-5-8-15(21)20(25)26)18(28-12(2)22)16(23)17-14-7-4-3-6-13(14)10-27-17/h3-4,6-7,10-11,15,18H,5,8-9H2,1-2H3,(H,25,26)/t11?,15-,18?/m0/s1. The van der Waals surface area contributed by atoms with Gasteiger partial charge in [0.25, 0.3) is 0 Å². The number of hydrogen-bond acceptors (Lipinski definition) is 6. The Morgan fingerprint density at radius 3 is 2.64 bits per heavy atom. The van der Waals surface area contributed by atoms with E-state index in [-0.39, 0.29) is 10.9 Å². The van der Waals surface area contributed by atoms with Gasteiger partial charge in [-0.1, -0.05) is 43.0 Å². The highest BCUT2D eigenvalue weighted by Gasteiger charge is 2.41. The van der Waals surface area contributed by atoms with Crippen molar-refractivity contribution in [3.8, 4) is 0 Å². The van der Waals surface area contributed by atoms with Crippen molar-refractivity contribution in [2.24, 2.45) is 5.92 Å². The average molecular weight is 403 g/mol. The van der Waals surface area contributed by atoms with E-state index in [1.165, 1.54) is 18.1 Å². The van der Waals surface area contributed by atoms with Gasteiger partial charge in [-0.25, -0.2) is 4.79 Å². The maximum Gasteiger partial charge on any atom is 0.326 e. The number of amides is 1. The average Bonchev–Trinajstić information content (AvgIpc) is 3.31. The summed E-state index contributed by atoms with van der Waals surface area (Å²) in [6.07, 6.45) is 2.44. The van der Waals surface area contributed by atoms with Gasteiger partial charge >= 0.3 is 5.97 Å². The number of Topliss-reactive ketones (excluding diaryl/α,β-unsaturated/α-hetero) is 1. The third-order valence-corrected chi connectivity index (χ3v) is 6.16. The number of furan rings is 1. The summed E-state index contributed by atoms with van der Waals surface area (Å²) in [5.41, 5.74) is 0. The van der Waals surface area contributed by atoms with Gasteiger partial charge in [0.15, 0.2) is 10.9 Å². The molecule has 3 atom stereocenters. The molecule has 0 radical (unpaired) electrons. The van der Waals surface area contributed by atoms with Crippen molar-refractivity contribution in [2.45, 2.75) is 38.0 Å². The van der Waals surface area contributed by atoms with Crippen LogP contribution in [0.3, 0.4) is 0 Å². The lowest BCUT2D eigenvalue weighted by Crippen LogP contribution is -2.46. The maximum atomic E-state index is 13.2. The smallest absolute Gasteiger partial charge is 0.326 e. The van der Waals surface area contributed by atoms with Gasteiger partial charge in [0.1, 0.15) is 6.04 Å². The molecular formula is C20H21NO6S. The first kappa shape index (κ1) is 20.1. The number of rotatable bonds is 6. The molecule has 2 unspecified atom stereocenters. The van der Waals surface area contributed by atoms with E-state index in [0.29, 0.717) is 24.8 Å². The zero-order valence-electron chi connectivity index (χ0n) is 15.6. The zero-order chi connectivity index (χ0) is 20.4. The molecule has 0 spiro atoms. The molecule has 28 heavy (non-hydrogen) atoms. The Morgan fingerprint density at radius 1 is 1.25 bits per heavy atom. The zero-order valence-corrected chi connectivity index (χ0v) is 16.4. The van der Waals surface area contributed by atoms with E-state index in [9.17, 15) is 24.3 Å². The second-order valence-electron chi connectivity index (χ2n) is 6.86. The normalized spacial score (nSPS) is 18.8. The Bertz CT molecular complexity index is 936. The lowest BCUT2D eigenvalue weighted by Gasteiger charge is -2.28. The molecule has 1 aromatic heterocycles. The minimum Gasteiger partial charge on any atom is -0.480 e. The number of carbonyl (C=O) groups is 4. The molecule has 8 heteroatoms. The molecule has 2 heterocycles. The minimum atomic E-state index is -1.06. The predicted molar refractivity (Wildman–Crippen MR) is 104 cm³/mol. The summed E-state index contributed by atoms with van der Waals surface area (Å²) in [5, 5.41) is 9.42. The third kappa shape index (κ3) is 3.82. The molecule has 148 valence electrons. The van der Waals surface area contributed by atoms with Gasteiger partial charge in [-0.3, -0.25) is 14.4 Å². The number of thioether (sulfide) groups is 1. The van der Waals surface area contributed by atoms with Gasteiger partial charge < -0.3 is 14.4 Å². The van der Waals surface area contributed by atoms with E-state index in [1.807, 2.05) is 6.07 Å². The Balaban J connectivity index is 1.91. The van der Waals surface area contributed by atoms with Crippen molar-refractivity contribution >= 4 is 45.3 Å². The summed E-state index contributed by atoms with van der Waals surface area (Å²) < 4.78 is 5.46. The third-order valence-electron chi connectivity index (χ3n) is 4.95. The van der Waals surface area contributed by atoms with Crippen LogP contribution in [0.2, 0.25) is 0 Å². The summed E-state index contributed by atoms with van der Waals surface area (Å²) in [6.45, 7) is 3.22. The van der Waals surface area contributed by atoms with Crippen LogP contribution in [0.4, 0.5) is 0 Å². The van der Waals surface area contributed by atoms with Crippen LogP contribution in [-0.2, 0) is 14.4 Å². The van der Waals surface area contributed by atoms with Crippen LogP contribution in [0.15, 0.2) is 34.9 Å². The molecule has 1 aliphatic heterocycles. The second kappa shape index (κ2) is 8.18. The van der Waals surface area contributed by atoms with E-state index in [2.05, 4.69) is 0 Å². The number of aliphatic carboxylic acids is 1. The van der Waals surface area contributed by atoms with Crippen LogP contribution < -0.4 is 0 Å². The van der Waals surface area contributed by atoms with E-state index in [1.54, 1.807) is 25.1 Å². The highest BCUT2D eigenvalue weighted by Crippen LogP contribution is 2.31. The van der Waals surface area contributed by atoms with Crippen molar-refractivity contribution < 1.29 is 28.7 Å². The molecule has 1 aromatic carbocycles. The minimum absolute atomic E-state index is 0.102. The number of fused-ring (bicyclic) bond motifs is 1. The molecule has 1 fully saturated rings. The molecule has 1 amide bonds. The number of ketones is 1.